The molecule has 0 aliphatic carbocycles. The lowest BCUT2D eigenvalue weighted by Gasteiger charge is -2.11. The third-order valence-corrected chi connectivity index (χ3v) is 6.82. The molecule has 0 aliphatic rings. The first-order valence-electron chi connectivity index (χ1n) is 8.62. The number of hydrogen-bond donors (Lipinski definition) is 2. The number of halogens is 2. The van der Waals surface area contributed by atoms with E-state index in [-0.39, 0.29) is 0 Å². The molecule has 9 heteroatoms. The zero-order valence-electron chi connectivity index (χ0n) is 15.1. The minimum Gasteiger partial charge on any atom is -0.332 e. The van der Waals surface area contributed by atoms with Crippen LogP contribution < -0.4 is 5.32 Å². The second-order valence-corrected chi connectivity index (χ2v) is 9.29. The molecule has 0 radical (unpaired) electrons. The number of amides is 1. The van der Waals surface area contributed by atoms with Crippen molar-refractivity contribution in [1.29, 1.82) is 0 Å². The Morgan fingerprint density at radius 2 is 1.72 bits per heavy atom. The highest BCUT2D eigenvalue weighted by Crippen LogP contribution is 2.37. The van der Waals surface area contributed by atoms with Crippen LogP contribution in [0, 0.1) is 11.6 Å². The van der Waals surface area contributed by atoms with Gasteiger partial charge in [-0.15, -0.1) is 22.7 Å². The number of anilines is 1. The van der Waals surface area contributed by atoms with Crippen LogP contribution in [0.1, 0.15) is 6.92 Å². The fourth-order valence-corrected chi connectivity index (χ4v) is 4.91. The molecule has 0 fully saturated rings. The molecule has 0 saturated heterocycles. The number of para-hydroxylation sites is 1. The minimum absolute atomic E-state index is 0.442. The van der Waals surface area contributed by atoms with Gasteiger partial charge in [0.15, 0.2) is 5.16 Å². The van der Waals surface area contributed by atoms with Crippen molar-refractivity contribution in [3.63, 3.8) is 0 Å². The Balaban J connectivity index is 1.56. The van der Waals surface area contributed by atoms with Crippen molar-refractivity contribution in [2.75, 3.05) is 5.32 Å². The topological polar surface area (TPSA) is 57.8 Å². The molecule has 0 spiro atoms. The van der Waals surface area contributed by atoms with E-state index in [9.17, 15) is 13.6 Å². The summed E-state index contributed by atoms with van der Waals surface area (Å²) in [6, 6.07) is 11.4. The van der Waals surface area contributed by atoms with Gasteiger partial charge in [0.1, 0.15) is 23.0 Å². The molecule has 148 valence electrons. The predicted octanol–water partition coefficient (Wildman–Crippen LogP) is 6.26. The average molecular weight is 448 g/mol. The summed E-state index contributed by atoms with van der Waals surface area (Å²) in [5.74, 6) is -2.13. The SMILES string of the molecule is CC(Sc1nc(-c2cccs2)c(-c2cccs2)[nH]1)C(=O)Nc1c(F)cccc1F. The van der Waals surface area contributed by atoms with Crippen LogP contribution in [0.25, 0.3) is 21.1 Å². The predicted molar refractivity (Wildman–Crippen MR) is 116 cm³/mol. The molecule has 29 heavy (non-hydrogen) atoms. The molecule has 0 bridgehead atoms. The minimum atomic E-state index is -0.812. The second-order valence-electron chi connectivity index (χ2n) is 6.07. The molecular formula is C20H15F2N3OS3. The molecule has 1 unspecified atom stereocenters. The number of carbonyl (C=O) groups is 1. The highest BCUT2D eigenvalue weighted by molar-refractivity contribution is 8.00. The highest BCUT2D eigenvalue weighted by Gasteiger charge is 2.22. The third kappa shape index (κ3) is 4.26. The van der Waals surface area contributed by atoms with Crippen molar-refractivity contribution in [3.05, 3.63) is 64.9 Å². The Morgan fingerprint density at radius 1 is 1.07 bits per heavy atom. The van der Waals surface area contributed by atoms with Crippen LogP contribution in [-0.4, -0.2) is 21.1 Å². The summed E-state index contributed by atoms with van der Waals surface area (Å²) in [6.45, 7) is 1.66. The molecule has 4 rings (SSSR count). The van der Waals surface area contributed by atoms with E-state index in [2.05, 4.69) is 15.3 Å². The summed E-state index contributed by atoms with van der Waals surface area (Å²) in [4.78, 5) is 22.5. The maximum absolute atomic E-state index is 13.8. The van der Waals surface area contributed by atoms with Crippen molar-refractivity contribution < 1.29 is 13.6 Å². The van der Waals surface area contributed by atoms with Crippen LogP contribution in [0.2, 0.25) is 0 Å². The summed E-state index contributed by atoms with van der Waals surface area (Å²) >= 11 is 4.37. The lowest BCUT2D eigenvalue weighted by Crippen LogP contribution is -2.23. The zero-order chi connectivity index (χ0) is 20.4. The number of hydrogen-bond acceptors (Lipinski definition) is 5. The summed E-state index contributed by atoms with van der Waals surface area (Å²) in [5.41, 5.74) is 1.26. The maximum atomic E-state index is 13.8. The second kappa shape index (κ2) is 8.48. The van der Waals surface area contributed by atoms with E-state index in [0.717, 1.165) is 33.3 Å². The standard InChI is InChI=1S/C20H15F2N3OS3/c1-11(19(26)23-16-12(21)5-2-6-13(16)22)29-20-24-17(14-7-3-9-27-14)18(25-20)15-8-4-10-28-15/h2-11H,1H3,(H,23,26)(H,24,25). The van der Waals surface area contributed by atoms with E-state index in [4.69, 9.17) is 0 Å². The summed E-state index contributed by atoms with van der Waals surface area (Å²) < 4.78 is 27.6. The molecule has 1 atom stereocenters. The molecule has 3 aromatic heterocycles. The first-order chi connectivity index (χ1) is 14.0. The Bertz CT molecular complexity index is 1050. The summed E-state index contributed by atoms with van der Waals surface area (Å²) in [5, 5.41) is 6.24. The van der Waals surface area contributed by atoms with Crippen LogP contribution in [0.3, 0.4) is 0 Å². The van der Waals surface area contributed by atoms with Gasteiger partial charge in [-0.1, -0.05) is 30.0 Å². The summed E-state index contributed by atoms with van der Waals surface area (Å²) in [6.07, 6.45) is 0. The number of nitrogens with zero attached hydrogens (tertiary/aromatic N) is 1. The molecule has 0 saturated carbocycles. The third-order valence-electron chi connectivity index (χ3n) is 4.07. The monoisotopic (exact) mass is 447 g/mol. The van der Waals surface area contributed by atoms with Crippen molar-refractivity contribution >= 4 is 46.0 Å². The van der Waals surface area contributed by atoms with E-state index in [1.807, 2.05) is 35.0 Å². The van der Waals surface area contributed by atoms with Gasteiger partial charge in [-0.2, -0.15) is 0 Å². The largest absolute Gasteiger partial charge is 0.332 e. The van der Waals surface area contributed by atoms with E-state index in [1.54, 1.807) is 29.6 Å². The number of rotatable bonds is 6. The van der Waals surface area contributed by atoms with Gasteiger partial charge in [0.2, 0.25) is 5.91 Å². The van der Waals surface area contributed by atoms with Crippen molar-refractivity contribution in [1.82, 2.24) is 9.97 Å². The Hall–Kier alpha value is -2.49. The molecule has 3 heterocycles. The van der Waals surface area contributed by atoms with Crippen molar-refractivity contribution in [2.45, 2.75) is 17.3 Å². The van der Waals surface area contributed by atoms with Crippen LogP contribution in [0.5, 0.6) is 0 Å². The number of nitrogens with one attached hydrogen (secondary N) is 2. The molecule has 4 nitrogen and oxygen atoms in total. The molecule has 0 aliphatic heterocycles. The lowest BCUT2D eigenvalue weighted by atomic mass is 10.2. The summed E-state index contributed by atoms with van der Waals surface area (Å²) in [7, 11) is 0. The molecular weight excluding hydrogens is 432 g/mol. The van der Waals surface area contributed by atoms with Crippen molar-refractivity contribution in [2.24, 2.45) is 0 Å². The molecule has 1 aromatic carbocycles. The van der Waals surface area contributed by atoms with Crippen LogP contribution >= 0.6 is 34.4 Å². The Kier molecular flexibility index (Phi) is 5.79. The van der Waals surface area contributed by atoms with Crippen LogP contribution in [0.4, 0.5) is 14.5 Å². The van der Waals surface area contributed by atoms with Gasteiger partial charge in [0.05, 0.1) is 20.7 Å². The fourth-order valence-electron chi connectivity index (χ4n) is 2.66. The van der Waals surface area contributed by atoms with Crippen LogP contribution in [-0.2, 0) is 4.79 Å². The fraction of sp³-hybridized carbons (Fsp3) is 0.100. The number of carbonyl (C=O) groups excluding carboxylic acids is 1. The quantitative estimate of drug-likeness (QED) is 0.343. The van der Waals surface area contributed by atoms with Gasteiger partial charge < -0.3 is 10.3 Å². The number of aromatic amines is 1. The van der Waals surface area contributed by atoms with E-state index in [0.29, 0.717) is 5.16 Å². The van der Waals surface area contributed by atoms with E-state index >= 15 is 0 Å². The van der Waals surface area contributed by atoms with Crippen LogP contribution in [0.15, 0.2) is 58.4 Å². The average Bonchev–Trinajstić information content (AvgIpc) is 3.45. The molecule has 1 amide bonds. The number of benzene rings is 1. The Labute approximate surface area is 178 Å². The maximum Gasteiger partial charge on any atom is 0.237 e. The van der Waals surface area contributed by atoms with Gasteiger partial charge >= 0.3 is 0 Å². The van der Waals surface area contributed by atoms with Gasteiger partial charge in [-0.3, -0.25) is 4.79 Å². The lowest BCUT2D eigenvalue weighted by molar-refractivity contribution is -0.115. The van der Waals surface area contributed by atoms with E-state index in [1.165, 1.54) is 17.8 Å². The first-order valence-corrected chi connectivity index (χ1v) is 11.3. The van der Waals surface area contributed by atoms with Gasteiger partial charge in [0.25, 0.3) is 0 Å². The molecule has 4 aromatic rings. The number of H-pyrrole nitrogens is 1. The van der Waals surface area contributed by atoms with Gasteiger partial charge in [-0.25, -0.2) is 13.8 Å². The number of thiophene rings is 2. The highest BCUT2D eigenvalue weighted by atomic mass is 32.2. The van der Waals surface area contributed by atoms with E-state index < -0.39 is 28.5 Å². The molecule has 2 N–H and O–H groups in total. The normalized spacial score (nSPS) is 12.1. The van der Waals surface area contributed by atoms with Gasteiger partial charge in [0, 0.05) is 0 Å². The number of thioether (sulfide) groups is 1. The smallest absolute Gasteiger partial charge is 0.237 e. The number of aromatic nitrogens is 2. The first kappa shape index (κ1) is 19.8. The zero-order valence-corrected chi connectivity index (χ0v) is 17.6. The number of imidazole rings is 1. The van der Waals surface area contributed by atoms with Crippen molar-refractivity contribution in [3.8, 4) is 21.1 Å². The Morgan fingerprint density at radius 3 is 2.34 bits per heavy atom. The van der Waals surface area contributed by atoms with Gasteiger partial charge in [-0.05, 0) is 41.9 Å².